The minimum absolute atomic E-state index is 0.0284. The molecule has 1 N–H and O–H groups in total. The molecule has 0 radical (unpaired) electrons. The van der Waals surface area contributed by atoms with E-state index < -0.39 is 11.7 Å². The van der Waals surface area contributed by atoms with Crippen LogP contribution in [0.1, 0.15) is 29.8 Å². The van der Waals surface area contributed by atoms with E-state index in [1.807, 2.05) is 5.38 Å². The predicted molar refractivity (Wildman–Crippen MR) is 86.9 cm³/mol. The second-order valence-electron chi connectivity index (χ2n) is 5.82. The molecule has 2 heterocycles. The molecule has 24 heavy (non-hydrogen) atoms. The lowest BCUT2D eigenvalue weighted by molar-refractivity contribution is -0.137. The van der Waals surface area contributed by atoms with Gasteiger partial charge in [0.15, 0.2) is 0 Å². The van der Waals surface area contributed by atoms with Gasteiger partial charge in [0.05, 0.1) is 22.3 Å². The van der Waals surface area contributed by atoms with Crippen molar-refractivity contribution in [3.05, 3.63) is 40.2 Å². The quantitative estimate of drug-likeness (QED) is 0.880. The summed E-state index contributed by atoms with van der Waals surface area (Å²) in [6, 6.07) is 4.94. The van der Waals surface area contributed by atoms with Gasteiger partial charge >= 0.3 is 6.18 Å². The average molecular weight is 354 g/mol. The molecule has 3 rings (SSSR count). The van der Waals surface area contributed by atoms with Crippen LogP contribution in [0.25, 0.3) is 11.3 Å². The maximum Gasteiger partial charge on any atom is 0.416 e. The second-order valence-corrected chi connectivity index (χ2v) is 6.76. The van der Waals surface area contributed by atoms with E-state index in [1.54, 1.807) is 0 Å². The minimum atomic E-state index is -4.33. The van der Waals surface area contributed by atoms with Gasteiger partial charge in [-0.3, -0.25) is 4.79 Å². The zero-order chi connectivity index (χ0) is 17.2. The van der Waals surface area contributed by atoms with Crippen LogP contribution < -0.4 is 5.32 Å². The van der Waals surface area contributed by atoms with E-state index in [0.29, 0.717) is 24.1 Å². The van der Waals surface area contributed by atoms with Crippen LogP contribution in [0.5, 0.6) is 0 Å². The number of alkyl halides is 3. The molecule has 3 nitrogen and oxygen atoms in total. The number of carbonyl (C=O) groups is 1. The average Bonchev–Trinajstić information content (AvgIpc) is 3.23. The van der Waals surface area contributed by atoms with Gasteiger partial charge in [-0.2, -0.15) is 13.2 Å². The number of carbonyl (C=O) groups excluding carboxylic acids is 1. The zero-order valence-corrected chi connectivity index (χ0v) is 13.7. The highest BCUT2D eigenvalue weighted by molar-refractivity contribution is 7.09. The molecule has 0 spiro atoms. The fourth-order valence-electron chi connectivity index (χ4n) is 2.75. The van der Waals surface area contributed by atoms with Crippen molar-refractivity contribution in [3.8, 4) is 11.3 Å². The number of nitrogens with zero attached hydrogens (tertiary/aromatic N) is 1. The highest BCUT2D eigenvalue weighted by Crippen LogP contribution is 2.31. The Bertz CT molecular complexity index is 703. The van der Waals surface area contributed by atoms with Crippen molar-refractivity contribution in [2.75, 3.05) is 6.54 Å². The molecule has 1 aromatic carbocycles. The number of ketones is 1. The van der Waals surface area contributed by atoms with Crippen molar-refractivity contribution in [2.24, 2.45) is 0 Å². The Morgan fingerprint density at radius 1 is 1.29 bits per heavy atom. The first-order valence-electron chi connectivity index (χ1n) is 7.81. The molecule has 1 aliphatic rings. The molecule has 128 valence electrons. The minimum Gasteiger partial charge on any atom is -0.307 e. The number of aryl methyl sites for hydroxylation is 1. The number of hydrogen-bond acceptors (Lipinski definition) is 4. The molecule has 1 aromatic heterocycles. The lowest BCUT2D eigenvalue weighted by Gasteiger charge is -2.07. The first kappa shape index (κ1) is 17.1. The van der Waals surface area contributed by atoms with E-state index in [0.717, 1.165) is 36.5 Å². The van der Waals surface area contributed by atoms with Crippen LogP contribution in [0.2, 0.25) is 0 Å². The van der Waals surface area contributed by atoms with Crippen LogP contribution in [0.4, 0.5) is 13.2 Å². The normalized spacial score (nSPS) is 18.0. The smallest absolute Gasteiger partial charge is 0.307 e. The Morgan fingerprint density at radius 2 is 2.04 bits per heavy atom. The van der Waals surface area contributed by atoms with E-state index >= 15 is 0 Å². The van der Waals surface area contributed by atoms with Crippen molar-refractivity contribution in [3.63, 3.8) is 0 Å². The third-order valence-electron chi connectivity index (χ3n) is 4.09. The number of hydrogen-bond donors (Lipinski definition) is 1. The second kappa shape index (κ2) is 7.03. The van der Waals surface area contributed by atoms with Crippen molar-refractivity contribution < 1.29 is 18.0 Å². The molecular weight excluding hydrogens is 337 g/mol. The number of benzene rings is 1. The van der Waals surface area contributed by atoms with Gasteiger partial charge in [-0.25, -0.2) is 4.98 Å². The summed E-state index contributed by atoms with van der Waals surface area (Å²) in [5.41, 5.74) is 0.626. The van der Waals surface area contributed by atoms with Crippen LogP contribution in [0.3, 0.4) is 0 Å². The summed E-state index contributed by atoms with van der Waals surface area (Å²) >= 11 is 1.43. The van der Waals surface area contributed by atoms with Crippen molar-refractivity contribution >= 4 is 17.1 Å². The zero-order valence-electron chi connectivity index (χ0n) is 12.9. The van der Waals surface area contributed by atoms with Crippen LogP contribution in [-0.2, 0) is 17.4 Å². The molecule has 0 aliphatic carbocycles. The Hall–Kier alpha value is -1.73. The van der Waals surface area contributed by atoms with E-state index in [-0.39, 0.29) is 11.8 Å². The molecule has 1 atom stereocenters. The lowest BCUT2D eigenvalue weighted by atomic mass is 10.1. The number of aromatic nitrogens is 1. The van der Waals surface area contributed by atoms with Gasteiger partial charge < -0.3 is 5.32 Å². The van der Waals surface area contributed by atoms with Crippen LogP contribution in [-0.4, -0.2) is 23.4 Å². The summed E-state index contributed by atoms with van der Waals surface area (Å²) in [7, 11) is 0. The van der Waals surface area contributed by atoms with Crippen molar-refractivity contribution in [1.29, 1.82) is 0 Å². The molecule has 1 aliphatic heterocycles. The van der Waals surface area contributed by atoms with Crippen LogP contribution in [0.15, 0.2) is 29.6 Å². The molecule has 0 bridgehead atoms. The third kappa shape index (κ3) is 4.02. The first-order valence-corrected chi connectivity index (χ1v) is 8.69. The predicted octanol–water partition coefficient (Wildman–Crippen LogP) is 4.08. The monoisotopic (exact) mass is 354 g/mol. The summed E-state index contributed by atoms with van der Waals surface area (Å²) in [6.07, 6.45) is -1.39. The van der Waals surface area contributed by atoms with Gasteiger partial charge in [-0.1, -0.05) is 12.1 Å². The number of Topliss-reactive ketones (excluding diaryl/α,β-unsaturated/α-hetero) is 1. The number of rotatable bonds is 5. The van der Waals surface area contributed by atoms with Gasteiger partial charge in [0.25, 0.3) is 0 Å². The summed E-state index contributed by atoms with van der Waals surface area (Å²) < 4.78 is 37.7. The molecule has 1 saturated heterocycles. The van der Waals surface area contributed by atoms with Crippen LogP contribution >= 0.6 is 11.3 Å². The largest absolute Gasteiger partial charge is 0.416 e. The standard InChI is InChI=1S/C17H17F3N2OS/c18-17(19,20)12-5-3-11(4-6-12)14-10-24-16(22-14)8-7-15(23)13-2-1-9-21-13/h3-6,10,13,21H,1-2,7-9H2/t13-/m0/s1. The Balaban J connectivity index is 1.61. The van der Waals surface area contributed by atoms with E-state index in [2.05, 4.69) is 10.3 Å². The molecule has 1 fully saturated rings. The van der Waals surface area contributed by atoms with Gasteiger partial charge in [0.2, 0.25) is 0 Å². The highest BCUT2D eigenvalue weighted by Gasteiger charge is 2.30. The Morgan fingerprint density at radius 3 is 2.67 bits per heavy atom. The maximum atomic E-state index is 12.6. The lowest BCUT2D eigenvalue weighted by Crippen LogP contribution is -2.30. The fraction of sp³-hybridized carbons (Fsp3) is 0.412. The van der Waals surface area contributed by atoms with Gasteiger partial charge in [0.1, 0.15) is 5.78 Å². The molecule has 2 aromatic rings. The summed E-state index contributed by atoms with van der Waals surface area (Å²) in [4.78, 5) is 16.5. The molecule has 7 heteroatoms. The van der Waals surface area contributed by atoms with Gasteiger partial charge in [0, 0.05) is 23.8 Å². The number of halogens is 3. The van der Waals surface area contributed by atoms with Crippen molar-refractivity contribution in [1.82, 2.24) is 10.3 Å². The molecular formula is C17H17F3N2OS. The van der Waals surface area contributed by atoms with Gasteiger partial charge in [-0.05, 0) is 31.5 Å². The molecule has 0 amide bonds. The first-order chi connectivity index (χ1) is 11.4. The maximum absolute atomic E-state index is 12.6. The Kier molecular flexibility index (Phi) is 5.01. The Labute approximate surface area is 141 Å². The molecule has 0 saturated carbocycles. The molecule has 0 unspecified atom stereocenters. The summed E-state index contributed by atoms with van der Waals surface area (Å²) in [6.45, 7) is 0.895. The SMILES string of the molecule is O=C(CCc1nc(-c2ccc(C(F)(F)F)cc2)cs1)[C@@H]1CCCN1. The highest BCUT2D eigenvalue weighted by atomic mass is 32.1. The van der Waals surface area contributed by atoms with E-state index in [1.165, 1.54) is 23.5 Å². The summed E-state index contributed by atoms with van der Waals surface area (Å²) in [5, 5.41) is 5.83. The number of nitrogens with one attached hydrogen (secondary N) is 1. The van der Waals surface area contributed by atoms with Gasteiger partial charge in [-0.15, -0.1) is 11.3 Å². The van der Waals surface area contributed by atoms with Crippen molar-refractivity contribution in [2.45, 2.75) is 37.9 Å². The fourth-order valence-corrected chi connectivity index (χ4v) is 3.56. The van der Waals surface area contributed by atoms with E-state index in [4.69, 9.17) is 0 Å². The van der Waals surface area contributed by atoms with Crippen LogP contribution in [0, 0.1) is 0 Å². The summed E-state index contributed by atoms with van der Waals surface area (Å²) in [5.74, 6) is 0.207. The number of thiazole rings is 1. The topological polar surface area (TPSA) is 42.0 Å². The third-order valence-corrected chi connectivity index (χ3v) is 5.00. The van der Waals surface area contributed by atoms with E-state index in [9.17, 15) is 18.0 Å².